The van der Waals surface area contributed by atoms with Gasteiger partial charge in [0.2, 0.25) is 5.95 Å². The summed E-state index contributed by atoms with van der Waals surface area (Å²) in [6.07, 6.45) is 1.49. The number of halogens is 1. The second kappa shape index (κ2) is 4.79. The quantitative estimate of drug-likeness (QED) is 0.739. The molecule has 3 aromatic rings. The van der Waals surface area contributed by atoms with Crippen LogP contribution in [0.4, 0.5) is 5.95 Å². The molecule has 2 aromatic carbocycles. The zero-order chi connectivity index (χ0) is 16.3. The Hall–Kier alpha value is -2.92. The Morgan fingerprint density at radius 1 is 1.04 bits per heavy atom. The van der Waals surface area contributed by atoms with Gasteiger partial charge in [0.15, 0.2) is 5.78 Å². The van der Waals surface area contributed by atoms with Gasteiger partial charge in [-0.15, -0.1) is 0 Å². The molecule has 2 aliphatic rings. The van der Waals surface area contributed by atoms with E-state index in [4.69, 9.17) is 11.6 Å². The number of aromatic nitrogens is 3. The van der Waals surface area contributed by atoms with Gasteiger partial charge in [-0.3, -0.25) is 4.79 Å². The average molecular weight is 335 g/mol. The summed E-state index contributed by atoms with van der Waals surface area (Å²) in [6.45, 7) is 0. The fourth-order valence-electron chi connectivity index (χ4n) is 3.41. The number of Topliss-reactive ketones (excluding diaryl/α,β-unsaturated/α-hetero) is 1. The van der Waals surface area contributed by atoms with Crippen LogP contribution < -0.4 is 5.32 Å². The van der Waals surface area contributed by atoms with Crippen LogP contribution in [0.5, 0.6) is 0 Å². The molecule has 0 unspecified atom stereocenters. The maximum absolute atomic E-state index is 13.0. The number of rotatable bonds is 1. The maximum Gasteiger partial charge on any atom is 0.226 e. The van der Waals surface area contributed by atoms with E-state index in [1.165, 1.54) is 6.33 Å². The SMILES string of the molecule is O=C1C2=C(Nc3ncnn3[C@H]2c2ccc(Cl)cc2)c2ccccc21. The molecule has 5 nitrogen and oxygen atoms in total. The third-order valence-corrected chi connectivity index (χ3v) is 4.72. The summed E-state index contributed by atoms with van der Waals surface area (Å²) in [5.41, 5.74) is 4.07. The number of carbonyl (C=O) groups excluding carboxylic acids is 1. The Bertz CT molecular complexity index is 1020. The van der Waals surface area contributed by atoms with Crippen molar-refractivity contribution in [1.29, 1.82) is 0 Å². The van der Waals surface area contributed by atoms with Crippen molar-refractivity contribution >= 4 is 29.0 Å². The van der Waals surface area contributed by atoms with E-state index in [0.29, 0.717) is 22.1 Å². The topological polar surface area (TPSA) is 59.8 Å². The standard InChI is InChI=1S/C18H11ClN4O/c19-11-7-5-10(6-8-11)16-14-15(22-18-20-9-21-23(16)18)12-3-1-2-4-13(12)17(14)24/h1-9,16H,(H,20,21,22)/t16-/m0/s1. The molecule has 6 heteroatoms. The molecule has 1 aliphatic carbocycles. The normalized spacial score (nSPS) is 18.0. The highest BCUT2D eigenvalue weighted by Gasteiger charge is 2.40. The zero-order valence-electron chi connectivity index (χ0n) is 12.4. The Morgan fingerprint density at radius 3 is 2.58 bits per heavy atom. The smallest absolute Gasteiger partial charge is 0.226 e. The first-order valence-electron chi connectivity index (χ1n) is 7.54. The number of ketones is 1. The maximum atomic E-state index is 13.0. The molecule has 0 amide bonds. The Balaban J connectivity index is 1.77. The highest BCUT2D eigenvalue weighted by atomic mass is 35.5. The molecule has 1 atom stereocenters. The Morgan fingerprint density at radius 2 is 1.79 bits per heavy atom. The molecule has 0 spiro atoms. The summed E-state index contributed by atoms with van der Waals surface area (Å²) in [5, 5.41) is 8.23. The lowest BCUT2D eigenvalue weighted by molar-refractivity contribution is 0.102. The molecule has 0 bridgehead atoms. The molecule has 1 aromatic heterocycles. The molecule has 0 radical (unpaired) electrons. The van der Waals surface area contributed by atoms with Crippen LogP contribution in [0.15, 0.2) is 60.4 Å². The van der Waals surface area contributed by atoms with Crippen molar-refractivity contribution in [2.45, 2.75) is 6.04 Å². The number of benzene rings is 2. The van der Waals surface area contributed by atoms with Gasteiger partial charge in [-0.25, -0.2) is 4.68 Å². The van der Waals surface area contributed by atoms with Crippen LogP contribution in [0, 0.1) is 0 Å². The van der Waals surface area contributed by atoms with E-state index in [1.54, 1.807) is 4.68 Å². The van der Waals surface area contributed by atoms with Crippen molar-refractivity contribution in [2.75, 3.05) is 5.32 Å². The van der Waals surface area contributed by atoms with Gasteiger partial charge >= 0.3 is 0 Å². The van der Waals surface area contributed by atoms with Gasteiger partial charge in [-0.2, -0.15) is 10.1 Å². The number of allylic oxidation sites excluding steroid dienone is 1. The Labute approximate surface area is 142 Å². The minimum atomic E-state index is -0.323. The first kappa shape index (κ1) is 13.5. The van der Waals surface area contributed by atoms with Crippen molar-refractivity contribution in [3.8, 4) is 0 Å². The molecule has 1 N–H and O–H groups in total. The van der Waals surface area contributed by atoms with E-state index in [0.717, 1.165) is 16.8 Å². The summed E-state index contributed by atoms with van der Waals surface area (Å²) in [4.78, 5) is 17.3. The van der Waals surface area contributed by atoms with Crippen molar-refractivity contribution in [3.05, 3.63) is 82.1 Å². The third-order valence-electron chi connectivity index (χ3n) is 4.47. The first-order chi connectivity index (χ1) is 11.7. The summed E-state index contributed by atoms with van der Waals surface area (Å²) < 4.78 is 1.74. The number of carbonyl (C=O) groups is 1. The molecule has 5 rings (SSSR count). The molecule has 24 heavy (non-hydrogen) atoms. The van der Waals surface area contributed by atoms with E-state index in [9.17, 15) is 4.79 Å². The molecule has 1 aliphatic heterocycles. The average Bonchev–Trinajstić information content (AvgIpc) is 3.18. The largest absolute Gasteiger partial charge is 0.323 e. The number of nitrogens with zero attached hydrogens (tertiary/aromatic N) is 3. The monoisotopic (exact) mass is 334 g/mol. The number of hydrogen-bond acceptors (Lipinski definition) is 4. The molecule has 2 heterocycles. The van der Waals surface area contributed by atoms with Crippen LogP contribution >= 0.6 is 11.6 Å². The lowest BCUT2D eigenvalue weighted by Gasteiger charge is -2.26. The van der Waals surface area contributed by atoms with E-state index in [1.807, 2.05) is 48.5 Å². The number of hydrogen-bond donors (Lipinski definition) is 1. The van der Waals surface area contributed by atoms with Crippen LogP contribution in [0.3, 0.4) is 0 Å². The van der Waals surface area contributed by atoms with Crippen LogP contribution in [0.1, 0.15) is 27.5 Å². The van der Waals surface area contributed by atoms with Crippen LogP contribution in [-0.2, 0) is 0 Å². The van der Waals surface area contributed by atoms with Gasteiger partial charge in [0.25, 0.3) is 0 Å². The highest BCUT2D eigenvalue weighted by molar-refractivity contribution is 6.30. The highest BCUT2D eigenvalue weighted by Crippen LogP contribution is 2.44. The van der Waals surface area contributed by atoms with E-state index >= 15 is 0 Å². The molecule has 0 saturated heterocycles. The molecular formula is C18H11ClN4O. The van der Waals surface area contributed by atoms with Gasteiger partial charge in [-0.1, -0.05) is 48.0 Å². The predicted molar refractivity (Wildman–Crippen MR) is 90.9 cm³/mol. The van der Waals surface area contributed by atoms with Crippen molar-refractivity contribution in [2.24, 2.45) is 0 Å². The minimum absolute atomic E-state index is 0.0224. The van der Waals surface area contributed by atoms with Crippen LogP contribution in [-0.4, -0.2) is 20.5 Å². The summed E-state index contributed by atoms with van der Waals surface area (Å²) in [6, 6.07) is 14.8. The van der Waals surface area contributed by atoms with Crippen molar-refractivity contribution in [1.82, 2.24) is 14.8 Å². The summed E-state index contributed by atoms with van der Waals surface area (Å²) in [7, 11) is 0. The minimum Gasteiger partial charge on any atom is -0.323 e. The fourth-order valence-corrected chi connectivity index (χ4v) is 3.54. The second-order valence-corrected chi connectivity index (χ2v) is 6.21. The first-order valence-corrected chi connectivity index (χ1v) is 7.92. The lowest BCUT2D eigenvalue weighted by Crippen LogP contribution is -2.25. The Kier molecular flexibility index (Phi) is 2.69. The zero-order valence-corrected chi connectivity index (χ0v) is 13.2. The van der Waals surface area contributed by atoms with Crippen molar-refractivity contribution in [3.63, 3.8) is 0 Å². The van der Waals surface area contributed by atoms with E-state index < -0.39 is 0 Å². The fraction of sp³-hybridized carbons (Fsp3) is 0.0556. The third kappa shape index (κ3) is 1.73. The molecule has 0 saturated carbocycles. The van der Waals surface area contributed by atoms with Crippen LogP contribution in [0.2, 0.25) is 5.02 Å². The van der Waals surface area contributed by atoms with Gasteiger partial charge in [0.1, 0.15) is 12.4 Å². The predicted octanol–water partition coefficient (Wildman–Crippen LogP) is 3.55. The lowest BCUT2D eigenvalue weighted by atomic mass is 9.94. The van der Waals surface area contributed by atoms with E-state index in [2.05, 4.69) is 15.4 Å². The van der Waals surface area contributed by atoms with Gasteiger partial charge in [-0.05, 0) is 17.7 Å². The number of fused-ring (bicyclic) bond motifs is 3. The molecule has 0 fully saturated rings. The number of anilines is 1. The van der Waals surface area contributed by atoms with Gasteiger partial charge < -0.3 is 5.32 Å². The second-order valence-electron chi connectivity index (χ2n) is 5.77. The number of nitrogens with one attached hydrogen (secondary N) is 1. The van der Waals surface area contributed by atoms with Gasteiger partial charge in [0.05, 0.1) is 11.3 Å². The van der Waals surface area contributed by atoms with Crippen LogP contribution in [0.25, 0.3) is 5.70 Å². The van der Waals surface area contributed by atoms with Crippen molar-refractivity contribution < 1.29 is 4.79 Å². The molecule has 116 valence electrons. The molecular weight excluding hydrogens is 324 g/mol. The van der Waals surface area contributed by atoms with E-state index in [-0.39, 0.29) is 11.8 Å². The van der Waals surface area contributed by atoms with Gasteiger partial charge in [0, 0.05) is 16.1 Å². The summed E-state index contributed by atoms with van der Waals surface area (Å²) in [5.74, 6) is 0.646. The summed E-state index contributed by atoms with van der Waals surface area (Å²) >= 11 is 6.02.